The van der Waals surface area contributed by atoms with Crippen LogP contribution in [0.25, 0.3) is 0 Å². The third-order valence-corrected chi connectivity index (χ3v) is 4.89. The summed E-state index contributed by atoms with van der Waals surface area (Å²) in [6.07, 6.45) is 0. The van der Waals surface area contributed by atoms with E-state index in [0.29, 0.717) is 0 Å². The standard InChI is InChI=1S/C20H25N3S/c1-16-12-17(2)14-19(13-16)21-20(24)23-10-8-22(9-11-23)15-18-6-4-3-5-7-18/h3-7,12-14H,8-11,15H2,1-2H3,(H,21,24)/p+1. The lowest BCUT2D eigenvalue weighted by Gasteiger charge is -2.34. The minimum Gasteiger partial charge on any atom is -0.338 e. The third-order valence-electron chi connectivity index (χ3n) is 4.53. The second kappa shape index (κ2) is 7.77. The highest BCUT2D eigenvalue weighted by molar-refractivity contribution is 7.80. The number of rotatable bonds is 3. The fourth-order valence-corrected chi connectivity index (χ4v) is 3.64. The number of nitrogens with zero attached hydrogens (tertiary/aromatic N) is 1. The number of hydrogen-bond acceptors (Lipinski definition) is 1. The van der Waals surface area contributed by atoms with Crippen molar-refractivity contribution in [1.82, 2.24) is 4.90 Å². The van der Waals surface area contributed by atoms with Crippen LogP contribution in [0.2, 0.25) is 0 Å². The summed E-state index contributed by atoms with van der Waals surface area (Å²) in [5.74, 6) is 0. The number of quaternary nitrogens is 1. The second-order valence-electron chi connectivity index (χ2n) is 6.71. The molecular weight excluding hydrogens is 314 g/mol. The molecule has 1 heterocycles. The van der Waals surface area contributed by atoms with Crippen LogP contribution in [0.3, 0.4) is 0 Å². The van der Waals surface area contributed by atoms with Crippen LogP contribution in [-0.2, 0) is 6.54 Å². The van der Waals surface area contributed by atoms with Gasteiger partial charge in [0.1, 0.15) is 6.54 Å². The summed E-state index contributed by atoms with van der Waals surface area (Å²) >= 11 is 5.62. The van der Waals surface area contributed by atoms with E-state index < -0.39 is 0 Å². The number of hydrogen-bond donors (Lipinski definition) is 2. The fourth-order valence-electron chi connectivity index (χ4n) is 3.34. The molecule has 0 aliphatic carbocycles. The number of anilines is 1. The molecule has 2 aromatic rings. The first-order valence-electron chi connectivity index (χ1n) is 8.62. The number of aryl methyl sites for hydroxylation is 2. The molecule has 0 atom stereocenters. The van der Waals surface area contributed by atoms with Crippen molar-refractivity contribution < 1.29 is 4.90 Å². The van der Waals surface area contributed by atoms with Crippen LogP contribution in [0.5, 0.6) is 0 Å². The van der Waals surface area contributed by atoms with E-state index in [1.165, 1.54) is 16.7 Å². The van der Waals surface area contributed by atoms with Gasteiger partial charge in [-0.25, -0.2) is 0 Å². The summed E-state index contributed by atoms with van der Waals surface area (Å²) in [4.78, 5) is 3.92. The monoisotopic (exact) mass is 340 g/mol. The average molecular weight is 341 g/mol. The molecular formula is C20H26N3S+. The zero-order valence-corrected chi connectivity index (χ0v) is 15.3. The van der Waals surface area contributed by atoms with Crippen LogP contribution < -0.4 is 10.2 Å². The van der Waals surface area contributed by atoms with Gasteiger partial charge in [0.25, 0.3) is 0 Å². The van der Waals surface area contributed by atoms with Crippen molar-refractivity contribution >= 4 is 23.0 Å². The van der Waals surface area contributed by atoms with Gasteiger partial charge in [0.05, 0.1) is 26.2 Å². The Morgan fingerprint density at radius 3 is 2.29 bits per heavy atom. The molecule has 0 spiro atoms. The zero-order valence-electron chi connectivity index (χ0n) is 14.5. The largest absolute Gasteiger partial charge is 0.338 e. The predicted octanol–water partition coefficient (Wildman–Crippen LogP) is 2.40. The molecule has 126 valence electrons. The van der Waals surface area contributed by atoms with E-state index in [9.17, 15) is 0 Å². The lowest BCUT2D eigenvalue weighted by Crippen LogP contribution is -3.13. The molecule has 3 nitrogen and oxygen atoms in total. The van der Waals surface area contributed by atoms with E-state index in [-0.39, 0.29) is 0 Å². The smallest absolute Gasteiger partial charge is 0.173 e. The van der Waals surface area contributed by atoms with Gasteiger partial charge in [0.15, 0.2) is 5.11 Å². The molecule has 0 radical (unpaired) electrons. The quantitative estimate of drug-likeness (QED) is 0.837. The molecule has 1 aliphatic rings. The van der Waals surface area contributed by atoms with Gasteiger partial charge < -0.3 is 15.1 Å². The zero-order chi connectivity index (χ0) is 16.9. The van der Waals surface area contributed by atoms with Gasteiger partial charge in [-0.2, -0.15) is 0 Å². The SMILES string of the molecule is Cc1cc(C)cc(NC(=S)N2CC[NH+](Cc3ccccc3)CC2)c1. The van der Waals surface area contributed by atoms with E-state index in [1.807, 2.05) is 0 Å². The molecule has 0 amide bonds. The van der Waals surface area contributed by atoms with Gasteiger partial charge in [0.2, 0.25) is 0 Å². The average Bonchev–Trinajstić information content (AvgIpc) is 2.55. The van der Waals surface area contributed by atoms with Crippen molar-refractivity contribution in [3.8, 4) is 0 Å². The maximum Gasteiger partial charge on any atom is 0.173 e. The highest BCUT2D eigenvalue weighted by Gasteiger charge is 2.21. The number of piperazine rings is 1. The molecule has 1 fully saturated rings. The van der Waals surface area contributed by atoms with Gasteiger partial charge in [-0.1, -0.05) is 36.4 Å². The van der Waals surface area contributed by atoms with Gasteiger partial charge in [-0.15, -0.1) is 0 Å². The normalized spacial score (nSPS) is 15.3. The van der Waals surface area contributed by atoms with Crippen molar-refractivity contribution in [2.24, 2.45) is 0 Å². The topological polar surface area (TPSA) is 19.7 Å². The van der Waals surface area contributed by atoms with Crippen LogP contribution in [-0.4, -0.2) is 36.2 Å². The molecule has 0 bridgehead atoms. The summed E-state index contributed by atoms with van der Waals surface area (Å²) in [7, 11) is 0. The molecule has 4 heteroatoms. The Hall–Kier alpha value is -1.91. The molecule has 1 aliphatic heterocycles. The maximum absolute atomic E-state index is 5.62. The minimum absolute atomic E-state index is 0.846. The van der Waals surface area contributed by atoms with Gasteiger partial charge in [-0.3, -0.25) is 0 Å². The van der Waals surface area contributed by atoms with Gasteiger partial charge in [0, 0.05) is 11.3 Å². The van der Waals surface area contributed by atoms with E-state index in [2.05, 4.69) is 72.6 Å². The molecule has 0 saturated carbocycles. The van der Waals surface area contributed by atoms with E-state index in [4.69, 9.17) is 12.2 Å². The molecule has 24 heavy (non-hydrogen) atoms. The molecule has 0 unspecified atom stereocenters. The van der Waals surface area contributed by atoms with Crippen molar-refractivity contribution in [1.29, 1.82) is 0 Å². The van der Waals surface area contributed by atoms with Crippen LogP contribution in [0.15, 0.2) is 48.5 Å². The lowest BCUT2D eigenvalue weighted by atomic mass is 10.1. The summed E-state index contributed by atoms with van der Waals surface area (Å²) in [6, 6.07) is 17.2. The van der Waals surface area contributed by atoms with Crippen LogP contribution >= 0.6 is 12.2 Å². The van der Waals surface area contributed by atoms with Crippen molar-refractivity contribution in [2.75, 3.05) is 31.5 Å². The Bertz CT molecular complexity index is 671. The number of benzene rings is 2. The minimum atomic E-state index is 0.846. The number of nitrogens with one attached hydrogen (secondary N) is 2. The highest BCUT2D eigenvalue weighted by atomic mass is 32.1. The van der Waals surface area contributed by atoms with E-state index in [0.717, 1.165) is 43.5 Å². The summed E-state index contributed by atoms with van der Waals surface area (Å²) in [6.45, 7) is 9.62. The predicted molar refractivity (Wildman–Crippen MR) is 105 cm³/mol. The van der Waals surface area contributed by atoms with Crippen molar-refractivity contribution in [2.45, 2.75) is 20.4 Å². The van der Waals surface area contributed by atoms with Gasteiger partial charge >= 0.3 is 0 Å². The molecule has 3 rings (SSSR count). The second-order valence-corrected chi connectivity index (χ2v) is 7.09. The summed E-state index contributed by atoms with van der Waals surface area (Å²) in [5.41, 5.74) is 5.03. The van der Waals surface area contributed by atoms with Crippen molar-refractivity contribution in [3.05, 3.63) is 65.2 Å². The molecule has 2 aromatic carbocycles. The van der Waals surface area contributed by atoms with Gasteiger partial charge in [-0.05, 0) is 49.3 Å². The summed E-state index contributed by atoms with van der Waals surface area (Å²) < 4.78 is 0. The van der Waals surface area contributed by atoms with E-state index >= 15 is 0 Å². The Morgan fingerprint density at radius 1 is 1.04 bits per heavy atom. The Morgan fingerprint density at radius 2 is 1.67 bits per heavy atom. The van der Waals surface area contributed by atoms with E-state index in [1.54, 1.807) is 4.90 Å². The van der Waals surface area contributed by atoms with Crippen LogP contribution in [0.4, 0.5) is 5.69 Å². The first kappa shape index (κ1) is 16.9. The highest BCUT2D eigenvalue weighted by Crippen LogP contribution is 2.14. The first-order valence-corrected chi connectivity index (χ1v) is 9.03. The maximum atomic E-state index is 5.62. The van der Waals surface area contributed by atoms with Crippen molar-refractivity contribution in [3.63, 3.8) is 0 Å². The Balaban J connectivity index is 1.51. The summed E-state index contributed by atoms with van der Waals surface area (Å²) in [5, 5.41) is 4.25. The Kier molecular flexibility index (Phi) is 5.48. The fraction of sp³-hybridized carbons (Fsp3) is 0.350. The molecule has 0 aromatic heterocycles. The Labute approximate surface area is 150 Å². The molecule has 1 saturated heterocycles. The van der Waals surface area contributed by atoms with Crippen LogP contribution in [0.1, 0.15) is 16.7 Å². The third kappa shape index (κ3) is 4.56. The number of thiocarbonyl (C=S) groups is 1. The van der Waals surface area contributed by atoms with Crippen LogP contribution in [0, 0.1) is 13.8 Å². The first-order chi connectivity index (χ1) is 11.6. The molecule has 2 N–H and O–H groups in total. The lowest BCUT2D eigenvalue weighted by molar-refractivity contribution is -0.917.